The fraction of sp³-hybridized carbons (Fsp3) is 0.500. The number of fused-ring (bicyclic) bond motifs is 1. The third kappa shape index (κ3) is 2.96. The van der Waals surface area contributed by atoms with E-state index < -0.39 is 0 Å². The smallest absolute Gasteiger partial charge is 0.155 e. The first-order valence-corrected chi connectivity index (χ1v) is 7.90. The average molecular weight is 322 g/mol. The Kier molecular flexibility index (Phi) is 4.36. The van der Waals surface area contributed by atoms with Crippen LogP contribution in [0.15, 0.2) is 18.3 Å². The van der Waals surface area contributed by atoms with Crippen LogP contribution in [0, 0.1) is 0 Å². The topological polar surface area (TPSA) is 47.5 Å². The maximum Gasteiger partial charge on any atom is 0.155 e. The summed E-state index contributed by atoms with van der Waals surface area (Å²) in [5.74, 6) is 1.65. The zero-order chi connectivity index (χ0) is 15.7. The predicted molar refractivity (Wildman–Crippen MR) is 87.9 cm³/mol. The first-order valence-electron chi connectivity index (χ1n) is 7.52. The number of ether oxygens (including phenoxy) is 2. The summed E-state index contributed by atoms with van der Waals surface area (Å²) in [4.78, 5) is 11.1. The largest absolute Gasteiger partial charge is 0.490 e. The van der Waals surface area contributed by atoms with Crippen LogP contribution in [0.25, 0.3) is 10.9 Å². The number of nitrogens with zero attached hydrogens (tertiary/aromatic N) is 3. The lowest BCUT2D eigenvalue weighted by atomic mass is 10.2. The van der Waals surface area contributed by atoms with Crippen molar-refractivity contribution in [3.63, 3.8) is 0 Å². The quantitative estimate of drug-likeness (QED) is 0.812. The molecule has 22 heavy (non-hydrogen) atoms. The van der Waals surface area contributed by atoms with Gasteiger partial charge in [-0.3, -0.25) is 0 Å². The summed E-state index contributed by atoms with van der Waals surface area (Å²) in [5.41, 5.74) is 0.677. The van der Waals surface area contributed by atoms with E-state index in [0.29, 0.717) is 23.9 Å². The molecule has 1 atom stereocenters. The van der Waals surface area contributed by atoms with Crippen LogP contribution in [0.4, 0.5) is 5.82 Å². The Labute approximate surface area is 135 Å². The van der Waals surface area contributed by atoms with Crippen LogP contribution in [0.3, 0.4) is 0 Å². The zero-order valence-electron chi connectivity index (χ0n) is 13.0. The molecule has 0 amide bonds. The molecule has 118 valence electrons. The van der Waals surface area contributed by atoms with Crippen molar-refractivity contribution >= 4 is 28.3 Å². The van der Waals surface area contributed by atoms with E-state index in [1.165, 1.54) is 0 Å². The summed E-state index contributed by atoms with van der Waals surface area (Å²) in [7, 11) is 0. The third-order valence-electron chi connectivity index (χ3n) is 3.66. The SMILES string of the molecule is CC(C)Oc1cc(N2CCOC[C@H]2C)nc2c(Cl)nccc12. The lowest BCUT2D eigenvalue weighted by Gasteiger charge is -2.34. The van der Waals surface area contributed by atoms with Gasteiger partial charge in [0.15, 0.2) is 5.15 Å². The van der Waals surface area contributed by atoms with Gasteiger partial charge in [0.1, 0.15) is 17.1 Å². The van der Waals surface area contributed by atoms with Gasteiger partial charge in [0.2, 0.25) is 0 Å². The number of halogens is 1. The first-order chi connectivity index (χ1) is 10.6. The van der Waals surface area contributed by atoms with Gasteiger partial charge in [0.05, 0.1) is 25.4 Å². The Morgan fingerprint density at radius 1 is 1.45 bits per heavy atom. The molecule has 6 heteroatoms. The molecule has 0 radical (unpaired) electrons. The van der Waals surface area contributed by atoms with Crippen molar-refractivity contribution in [2.45, 2.75) is 32.9 Å². The van der Waals surface area contributed by atoms with Crippen LogP contribution in [0.1, 0.15) is 20.8 Å². The molecular formula is C16H20ClN3O2. The van der Waals surface area contributed by atoms with Gasteiger partial charge in [-0.2, -0.15) is 0 Å². The van der Waals surface area contributed by atoms with Crippen molar-refractivity contribution in [3.8, 4) is 5.75 Å². The summed E-state index contributed by atoms with van der Waals surface area (Å²) >= 11 is 6.24. The van der Waals surface area contributed by atoms with E-state index in [4.69, 9.17) is 26.1 Å². The molecule has 3 heterocycles. The summed E-state index contributed by atoms with van der Waals surface area (Å²) in [6.07, 6.45) is 1.75. The van der Waals surface area contributed by atoms with Gasteiger partial charge in [-0.05, 0) is 26.8 Å². The lowest BCUT2D eigenvalue weighted by Crippen LogP contribution is -2.44. The highest BCUT2D eigenvalue weighted by atomic mass is 35.5. The van der Waals surface area contributed by atoms with Gasteiger partial charge >= 0.3 is 0 Å². The molecule has 2 aromatic rings. The molecule has 2 aromatic heterocycles. The fourth-order valence-corrected chi connectivity index (χ4v) is 2.84. The molecule has 0 unspecified atom stereocenters. The van der Waals surface area contributed by atoms with Crippen molar-refractivity contribution in [1.29, 1.82) is 0 Å². The molecule has 0 aliphatic carbocycles. The number of morpholine rings is 1. The summed E-state index contributed by atoms with van der Waals surface area (Å²) in [6, 6.07) is 4.14. The van der Waals surface area contributed by atoms with Gasteiger partial charge in [0.25, 0.3) is 0 Å². The molecule has 1 saturated heterocycles. The molecule has 0 saturated carbocycles. The summed E-state index contributed by atoms with van der Waals surface area (Å²) in [5, 5.41) is 1.28. The number of pyridine rings is 2. The molecule has 0 aromatic carbocycles. The Hall–Kier alpha value is -1.59. The van der Waals surface area contributed by atoms with Crippen LogP contribution in [-0.2, 0) is 4.74 Å². The van der Waals surface area contributed by atoms with Crippen molar-refractivity contribution in [2.24, 2.45) is 0 Å². The minimum absolute atomic E-state index is 0.0764. The number of rotatable bonds is 3. The monoisotopic (exact) mass is 321 g/mol. The number of hydrogen-bond donors (Lipinski definition) is 0. The maximum atomic E-state index is 6.24. The molecule has 0 spiro atoms. The zero-order valence-corrected chi connectivity index (χ0v) is 13.8. The first kappa shape index (κ1) is 15.3. The molecule has 1 aliphatic heterocycles. The van der Waals surface area contributed by atoms with E-state index in [2.05, 4.69) is 16.8 Å². The molecular weight excluding hydrogens is 302 g/mol. The molecule has 5 nitrogen and oxygen atoms in total. The maximum absolute atomic E-state index is 6.24. The van der Waals surface area contributed by atoms with Crippen LogP contribution in [-0.4, -0.2) is 41.9 Å². The number of anilines is 1. The van der Waals surface area contributed by atoms with Crippen LogP contribution >= 0.6 is 11.6 Å². The van der Waals surface area contributed by atoms with E-state index in [-0.39, 0.29) is 12.1 Å². The Bertz CT molecular complexity index is 678. The highest BCUT2D eigenvalue weighted by Gasteiger charge is 2.22. The minimum atomic E-state index is 0.0764. The van der Waals surface area contributed by atoms with E-state index in [1.54, 1.807) is 6.20 Å². The van der Waals surface area contributed by atoms with Crippen molar-refractivity contribution < 1.29 is 9.47 Å². The molecule has 1 aliphatic rings. The highest BCUT2D eigenvalue weighted by molar-refractivity contribution is 6.34. The molecule has 1 fully saturated rings. The molecule has 0 N–H and O–H groups in total. The van der Waals surface area contributed by atoms with E-state index >= 15 is 0 Å². The Morgan fingerprint density at radius 3 is 3.00 bits per heavy atom. The van der Waals surface area contributed by atoms with Crippen molar-refractivity contribution in [2.75, 3.05) is 24.7 Å². The average Bonchev–Trinajstić information content (AvgIpc) is 2.48. The minimum Gasteiger partial charge on any atom is -0.490 e. The third-order valence-corrected chi connectivity index (χ3v) is 3.93. The van der Waals surface area contributed by atoms with Gasteiger partial charge in [-0.25, -0.2) is 9.97 Å². The normalized spacial score (nSPS) is 19.0. The molecule has 3 rings (SSSR count). The lowest BCUT2D eigenvalue weighted by molar-refractivity contribution is 0.0985. The van der Waals surface area contributed by atoms with Crippen LogP contribution in [0.5, 0.6) is 5.75 Å². The highest BCUT2D eigenvalue weighted by Crippen LogP contribution is 2.33. The second-order valence-corrected chi connectivity index (χ2v) is 6.12. The van der Waals surface area contributed by atoms with Gasteiger partial charge in [0, 0.05) is 24.2 Å². The Balaban J connectivity index is 2.12. The second-order valence-electron chi connectivity index (χ2n) is 5.76. The van der Waals surface area contributed by atoms with E-state index in [1.807, 2.05) is 26.0 Å². The van der Waals surface area contributed by atoms with Crippen LogP contribution < -0.4 is 9.64 Å². The predicted octanol–water partition coefficient (Wildman–Crippen LogP) is 3.30. The van der Waals surface area contributed by atoms with Crippen molar-refractivity contribution in [3.05, 3.63) is 23.5 Å². The standard InChI is InChI=1S/C16H20ClN3O2/c1-10(2)22-13-8-14(20-6-7-21-9-11(20)3)19-15-12(13)4-5-18-16(15)17/h4-5,8,10-11H,6-7,9H2,1-3H3/t11-/m1/s1. The Morgan fingerprint density at radius 2 is 2.27 bits per heavy atom. The molecule has 0 bridgehead atoms. The number of aromatic nitrogens is 2. The summed E-state index contributed by atoms with van der Waals surface area (Å²) < 4.78 is 11.5. The van der Waals surface area contributed by atoms with E-state index in [0.717, 1.165) is 23.5 Å². The fourth-order valence-electron chi connectivity index (χ4n) is 2.64. The second kappa shape index (κ2) is 6.26. The number of hydrogen-bond acceptors (Lipinski definition) is 5. The summed E-state index contributed by atoms with van der Waals surface area (Å²) in [6.45, 7) is 8.34. The van der Waals surface area contributed by atoms with Crippen molar-refractivity contribution in [1.82, 2.24) is 9.97 Å². The van der Waals surface area contributed by atoms with Crippen LogP contribution in [0.2, 0.25) is 5.15 Å². The van der Waals surface area contributed by atoms with E-state index in [9.17, 15) is 0 Å². The van der Waals surface area contributed by atoms with Gasteiger partial charge in [-0.15, -0.1) is 0 Å². The van der Waals surface area contributed by atoms with Gasteiger partial charge < -0.3 is 14.4 Å². The van der Waals surface area contributed by atoms with Gasteiger partial charge in [-0.1, -0.05) is 11.6 Å².